The van der Waals surface area contributed by atoms with E-state index < -0.39 is 0 Å². The molecule has 0 aliphatic carbocycles. The highest BCUT2D eigenvalue weighted by Crippen LogP contribution is 2.19. The van der Waals surface area contributed by atoms with Crippen molar-refractivity contribution in [3.8, 4) is 22.5 Å². The molecule has 140 valence electrons. The van der Waals surface area contributed by atoms with Crippen molar-refractivity contribution in [1.29, 1.82) is 0 Å². The molecular formula is C24H20Cl2N2. The average Bonchev–Trinajstić information content (AvgIpc) is 2.74. The molecule has 2 aromatic carbocycles. The van der Waals surface area contributed by atoms with E-state index in [1.54, 1.807) is 0 Å². The number of halogens is 2. The largest absolute Gasteiger partial charge is 1.00 e. The first-order valence-corrected chi connectivity index (χ1v) is 8.66. The highest BCUT2D eigenvalue weighted by molar-refractivity contribution is 5.64. The quantitative estimate of drug-likeness (QED) is 0.366. The van der Waals surface area contributed by atoms with Gasteiger partial charge in [0.15, 0.2) is 18.6 Å². The van der Waals surface area contributed by atoms with Gasteiger partial charge in [-0.15, -0.1) is 0 Å². The van der Waals surface area contributed by atoms with Crippen LogP contribution in [0.15, 0.2) is 110 Å². The van der Waals surface area contributed by atoms with E-state index in [2.05, 4.69) is 82.8 Å². The van der Waals surface area contributed by atoms with Gasteiger partial charge in [-0.2, -0.15) is 9.13 Å². The van der Waals surface area contributed by atoms with Crippen LogP contribution < -0.4 is 33.9 Å². The maximum absolute atomic E-state index is 3.98. The Balaban J connectivity index is 0.00000140. The molecule has 0 aliphatic heterocycles. The molecule has 2 heterocycles. The molecule has 0 saturated carbocycles. The number of hydrogen-bond acceptors (Lipinski definition) is 0. The van der Waals surface area contributed by atoms with Gasteiger partial charge in [0, 0.05) is 54.6 Å². The monoisotopic (exact) mass is 406 g/mol. The fraction of sp³-hybridized carbons (Fsp3) is 0. The summed E-state index contributed by atoms with van der Waals surface area (Å²) in [6.45, 7) is 3.98. The van der Waals surface area contributed by atoms with Crippen molar-refractivity contribution in [2.45, 2.75) is 0 Å². The van der Waals surface area contributed by atoms with Crippen LogP contribution in [0.1, 0.15) is 5.69 Å². The van der Waals surface area contributed by atoms with Crippen LogP contribution >= 0.6 is 0 Å². The van der Waals surface area contributed by atoms with E-state index in [1.165, 1.54) is 11.1 Å². The van der Waals surface area contributed by atoms with Crippen molar-refractivity contribution in [2.75, 3.05) is 0 Å². The van der Waals surface area contributed by atoms with Gasteiger partial charge in [0.25, 0.3) is 0 Å². The van der Waals surface area contributed by atoms with E-state index in [-0.39, 0.29) is 24.8 Å². The molecule has 0 atom stereocenters. The predicted octanol–water partition coefficient (Wildman–Crippen LogP) is -1.44. The van der Waals surface area contributed by atoms with Gasteiger partial charge in [-0.3, -0.25) is 0 Å². The van der Waals surface area contributed by atoms with Crippen molar-refractivity contribution in [1.82, 2.24) is 0 Å². The molecule has 2 nitrogen and oxygen atoms in total. The zero-order valence-corrected chi connectivity index (χ0v) is 16.8. The van der Waals surface area contributed by atoms with Gasteiger partial charge in [0.1, 0.15) is 0 Å². The zero-order valence-electron chi connectivity index (χ0n) is 15.2. The van der Waals surface area contributed by atoms with E-state index in [4.69, 9.17) is 0 Å². The van der Waals surface area contributed by atoms with E-state index in [0.717, 1.165) is 17.1 Å². The van der Waals surface area contributed by atoms with Crippen LogP contribution in [0.3, 0.4) is 0 Å². The van der Waals surface area contributed by atoms with E-state index >= 15 is 0 Å². The first kappa shape index (κ1) is 21.4. The third-order valence-electron chi connectivity index (χ3n) is 4.45. The van der Waals surface area contributed by atoms with Crippen LogP contribution in [-0.2, 0) is 0 Å². The predicted molar refractivity (Wildman–Crippen MR) is 105 cm³/mol. The lowest BCUT2D eigenvalue weighted by Crippen LogP contribution is -3.00. The van der Waals surface area contributed by atoms with Gasteiger partial charge in [-0.25, -0.2) is 0 Å². The molecule has 0 fully saturated rings. The molecule has 4 aromatic rings. The molecule has 0 bridgehead atoms. The summed E-state index contributed by atoms with van der Waals surface area (Å²) in [5.74, 6) is 0. The van der Waals surface area contributed by atoms with Gasteiger partial charge in [0.2, 0.25) is 17.1 Å². The van der Waals surface area contributed by atoms with Gasteiger partial charge in [-0.05, 0) is 11.1 Å². The van der Waals surface area contributed by atoms with Crippen molar-refractivity contribution >= 4 is 6.08 Å². The maximum Gasteiger partial charge on any atom is 0.211 e. The number of rotatable bonds is 4. The Labute approximate surface area is 178 Å². The Morgan fingerprint density at radius 3 is 1.71 bits per heavy atom. The van der Waals surface area contributed by atoms with Crippen LogP contribution in [-0.4, -0.2) is 0 Å². The van der Waals surface area contributed by atoms with E-state index in [9.17, 15) is 0 Å². The summed E-state index contributed by atoms with van der Waals surface area (Å²) in [6, 6.07) is 29.2. The molecule has 0 radical (unpaired) electrons. The number of nitrogens with zero attached hydrogens (tertiary/aromatic N) is 2. The third-order valence-corrected chi connectivity index (χ3v) is 4.45. The highest BCUT2D eigenvalue weighted by Gasteiger charge is 2.13. The SMILES string of the molecule is C=Cc1cc(-c2cc[n+](-c3ccccc3)cc2)cc[n+]1-c1ccccc1.[Cl-].[Cl-]. The zero-order chi connectivity index (χ0) is 17.8. The molecule has 0 spiro atoms. The maximum atomic E-state index is 3.98. The molecular weight excluding hydrogens is 387 g/mol. The highest BCUT2D eigenvalue weighted by atomic mass is 35.5. The Bertz CT molecular complexity index is 1030. The smallest absolute Gasteiger partial charge is 0.211 e. The molecule has 4 rings (SSSR count). The number of pyridine rings is 2. The van der Waals surface area contributed by atoms with Crippen molar-refractivity contribution in [2.24, 2.45) is 0 Å². The minimum Gasteiger partial charge on any atom is -1.00 e. The normalized spacial score (nSPS) is 9.71. The number of aromatic nitrogens is 2. The minimum atomic E-state index is 0. The Hall–Kier alpha value is -2.94. The molecule has 0 aliphatic rings. The summed E-state index contributed by atoms with van der Waals surface area (Å²) in [5, 5.41) is 0. The Kier molecular flexibility index (Phi) is 7.51. The summed E-state index contributed by atoms with van der Waals surface area (Å²) in [5.41, 5.74) is 5.70. The molecule has 2 aromatic heterocycles. The van der Waals surface area contributed by atoms with Gasteiger partial charge < -0.3 is 24.8 Å². The third kappa shape index (κ3) is 4.48. The number of benzene rings is 2. The summed E-state index contributed by atoms with van der Waals surface area (Å²) < 4.78 is 4.26. The van der Waals surface area contributed by atoms with Crippen molar-refractivity contribution in [3.05, 3.63) is 116 Å². The van der Waals surface area contributed by atoms with Crippen LogP contribution in [0.4, 0.5) is 0 Å². The number of hydrogen-bond donors (Lipinski definition) is 0. The van der Waals surface area contributed by atoms with Crippen LogP contribution in [0, 0.1) is 0 Å². The first-order valence-electron chi connectivity index (χ1n) is 8.66. The van der Waals surface area contributed by atoms with Crippen LogP contribution in [0.5, 0.6) is 0 Å². The lowest BCUT2D eigenvalue weighted by Gasteiger charge is -2.04. The summed E-state index contributed by atoms with van der Waals surface area (Å²) >= 11 is 0. The van der Waals surface area contributed by atoms with Gasteiger partial charge in [-0.1, -0.05) is 43.0 Å². The van der Waals surface area contributed by atoms with Crippen LogP contribution in [0.25, 0.3) is 28.6 Å². The van der Waals surface area contributed by atoms with Gasteiger partial charge >= 0.3 is 0 Å². The second-order valence-corrected chi connectivity index (χ2v) is 6.08. The molecule has 0 N–H and O–H groups in total. The van der Waals surface area contributed by atoms with E-state index in [0.29, 0.717) is 0 Å². The molecule has 28 heavy (non-hydrogen) atoms. The lowest BCUT2D eigenvalue weighted by atomic mass is 10.1. The fourth-order valence-corrected chi connectivity index (χ4v) is 3.07. The fourth-order valence-electron chi connectivity index (χ4n) is 3.07. The number of para-hydroxylation sites is 2. The molecule has 0 saturated heterocycles. The van der Waals surface area contributed by atoms with Crippen molar-refractivity contribution < 1.29 is 33.9 Å². The molecule has 4 heteroatoms. The Morgan fingerprint density at radius 1 is 0.607 bits per heavy atom. The average molecular weight is 407 g/mol. The Morgan fingerprint density at radius 2 is 1.14 bits per heavy atom. The van der Waals surface area contributed by atoms with Gasteiger partial charge in [0.05, 0.1) is 0 Å². The van der Waals surface area contributed by atoms with E-state index in [1.807, 2.05) is 42.5 Å². The first-order chi connectivity index (χ1) is 12.8. The standard InChI is InChI=1S/C24H20N2.2ClH/c1-2-22-19-21(15-18-26(22)24-11-7-4-8-12-24)20-13-16-25(17-14-20)23-9-5-3-6-10-23;;/h2-19H,1H2;2*1H/q+2;;/p-2. The van der Waals surface area contributed by atoms with Crippen molar-refractivity contribution in [3.63, 3.8) is 0 Å². The summed E-state index contributed by atoms with van der Waals surface area (Å²) in [6.07, 6.45) is 8.18. The van der Waals surface area contributed by atoms with Crippen LogP contribution in [0.2, 0.25) is 0 Å². The summed E-state index contributed by atoms with van der Waals surface area (Å²) in [4.78, 5) is 0. The summed E-state index contributed by atoms with van der Waals surface area (Å²) in [7, 11) is 0. The lowest BCUT2D eigenvalue weighted by molar-refractivity contribution is -0.597. The second kappa shape index (κ2) is 9.84. The molecule has 0 amide bonds. The second-order valence-electron chi connectivity index (χ2n) is 6.08. The topological polar surface area (TPSA) is 7.76 Å². The minimum absolute atomic E-state index is 0. The molecule has 0 unspecified atom stereocenters.